The zero-order valence-electron chi connectivity index (χ0n) is 19.3. The molecular formula is C25H29N5O4. The van der Waals surface area contributed by atoms with Crippen molar-refractivity contribution < 1.29 is 14.2 Å². The molecule has 3 aromatic rings. The van der Waals surface area contributed by atoms with Crippen LogP contribution in [0.15, 0.2) is 41.6 Å². The third kappa shape index (κ3) is 4.20. The second-order valence-electron chi connectivity index (χ2n) is 9.50. The molecule has 0 radical (unpaired) electrons. The SMILES string of the molecule is Cn1c(=O)cnc2cc(N3CC4CCC(C3)O4)cc(O[C@H]3CC[C@@H](Oc4ncccn4)CC3)c21. The van der Waals surface area contributed by atoms with Crippen molar-refractivity contribution >= 4 is 16.7 Å². The normalized spacial score (nSPS) is 26.6. The molecule has 0 spiro atoms. The van der Waals surface area contributed by atoms with Crippen molar-refractivity contribution in [1.82, 2.24) is 19.5 Å². The summed E-state index contributed by atoms with van der Waals surface area (Å²) in [6.07, 6.45) is 11.1. The average molecular weight is 464 g/mol. The van der Waals surface area contributed by atoms with Crippen LogP contribution in [-0.4, -0.2) is 57.0 Å². The standard InChI is InChI=1S/C25H29N5O4/c1-29-23(31)13-28-21-11-16(30-14-19-7-8-20(15-30)32-19)12-22(24(21)29)33-17-3-5-18(6-4-17)34-25-26-9-2-10-27-25/h2,9-13,17-20H,3-8,14-15H2,1H3/t17-,18+,19?,20?. The molecule has 178 valence electrons. The number of ether oxygens (including phenoxy) is 3. The van der Waals surface area contributed by atoms with Crippen LogP contribution in [0, 0.1) is 0 Å². The molecular weight excluding hydrogens is 434 g/mol. The molecule has 0 N–H and O–H groups in total. The third-order valence-electron chi connectivity index (χ3n) is 7.16. The topological polar surface area (TPSA) is 91.6 Å². The Balaban J connectivity index is 1.23. The lowest BCUT2D eigenvalue weighted by molar-refractivity contribution is 0.0304. The Kier molecular flexibility index (Phi) is 5.57. The molecule has 3 fully saturated rings. The van der Waals surface area contributed by atoms with Gasteiger partial charge in [-0.1, -0.05) is 0 Å². The predicted molar refractivity (Wildman–Crippen MR) is 126 cm³/mol. The van der Waals surface area contributed by atoms with Crippen LogP contribution < -0.4 is 19.9 Å². The van der Waals surface area contributed by atoms with Crippen LogP contribution in [0.3, 0.4) is 0 Å². The van der Waals surface area contributed by atoms with Crippen molar-refractivity contribution in [3.63, 3.8) is 0 Å². The molecule has 0 amide bonds. The zero-order chi connectivity index (χ0) is 23.1. The molecule has 4 heterocycles. The summed E-state index contributed by atoms with van der Waals surface area (Å²) in [5, 5.41) is 0. The van der Waals surface area contributed by atoms with Crippen LogP contribution in [0.2, 0.25) is 0 Å². The van der Waals surface area contributed by atoms with Gasteiger partial charge in [-0.15, -0.1) is 0 Å². The molecule has 6 rings (SSSR count). The van der Waals surface area contributed by atoms with Gasteiger partial charge in [-0.2, -0.15) is 0 Å². The Labute approximate surface area is 197 Å². The largest absolute Gasteiger partial charge is 0.488 e. The van der Waals surface area contributed by atoms with E-state index in [4.69, 9.17) is 14.2 Å². The minimum Gasteiger partial charge on any atom is -0.488 e. The highest BCUT2D eigenvalue weighted by molar-refractivity contribution is 5.86. The molecule has 1 aromatic carbocycles. The van der Waals surface area contributed by atoms with Gasteiger partial charge in [0.05, 0.1) is 30.0 Å². The lowest BCUT2D eigenvalue weighted by atomic mass is 9.95. The molecule has 2 bridgehead atoms. The van der Waals surface area contributed by atoms with Gasteiger partial charge in [0.15, 0.2) is 0 Å². The summed E-state index contributed by atoms with van der Waals surface area (Å²) >= 11 is 0. The fraction of sp³-hybridized carbons (Fsp3) is 0.520. The van der Waals surface area contributed by atoms with E-state index in [1.54, 1.807) is 30.1 Å². The maximum absolute atomic E-state index is 12.4. The molecule has 2 unspecified atom stereocenters. The van der Waals surface area contributed by atoms with Crippen molar-refractivity contribution in [2.75, 3.05) is 18.0 Å². The summed E-state index contributed by atoms with van der Waals surface area (Å²) in [6.45, 7) is 1.74. The van der Waals surface area contributed by atoms with E-state index in [9.17, 15) is 4.79 Å². The maximum atomic E-state index is 12.4. The van der Waals surface area contributed by atoms with Crippen LogP contribution in [0.1, 0.15) is 38.5 Å². The molecule has 9 nitrogen and oxygen atoms in total. The summed E-state index contributed by atoms with van der Waals surface area (Å²) in [4.78, 5) is 27.5. The van der Waals surface area contributed by atoms with Gasteiger partial charge in [0.25, 0.3) is 5.56 Å². The highest BCUT2D eigenvalue weighted by Crippen LogP contribution is 2.36. The van der Waals surface area contributed by atoms with E-state index in [0.29, 0.717) is 6.01 Å². The van der Waals surface area contributed by atoms with Gasteiger partial charge in [0.1, 0.15) is 17.4 Å². The fourth-order valence-corrected chi connectivity index (χ4v) is 5.38. The number of hydrogen-bond donors (Lipinski definition) is 0. The minimum atomic E-state index is -0.144. The maximum Gasteiger partial charge on any atom is 0.316 e. The number of aromatic nitrogens is 4. The van der Waals surface area contributed by atoms with Crippen molar-refractivity contribution in [3.8, 4) is 11.8 Å². The number of aryl methyl sites for hydroxylation is 1. The van der Waals surface area contributed by atoms with Crippen LogP contribution in [0.4, 0.5) is 5.69 Å². The Morgan fingerprint density at radius 3 is 2.29 bits per heavy atom. The summed E-state index contributed by atoms with van der Waals surface area (Å²) in [6, 6.07) is 6.34. The molecule has 2 atom stereocenters. The first kappa shape index (κ1) is 21.3. The smallest absolute Gasteiger partial charge is 0.316 e. The Hall–Kier alpha value is -3.20. The van der Waals surface area contributed by atoms with Gasteiger partial charge in [-0.05, 0) is 50.7 Å². The summed E-state index contributed by atoms with van der Waals surface area (Å²) in [5.41, 5.74) is 2.44. The van der Waals surface area contributed by atoms with E-state index in [0.717, 1.165) is 74.1 Å². The van der Waals surface area contributed by atoms with Gasteiger partial charge in [-0.3, -0.25) is 4.79 Å². The second-order valence-corrected chi connectivity index (χ2v) is 9.50. The number of hydrogen-bond acceptors (Lipinski definition) is 8. The van der Waals surface area contributed by atoms with Gasteiger partial charge in [-0.25, -0.2) is 15.0 Å². The molecule has 2 aliphatic heterocycles. The van der Waals surface area contributed by atoms with E-state index in [1.165, 1.54) is 6.20 Å². The third-order valence-corrected chi connectivity index (χ3v) is 7.16. The molecule has 9 heteroatoms. The van der Waals surface area contributed by atoms with E-state index in [-0.39, 0.29) is 30.0 Å². The summed E-state index contributed by atoms with van der Waals surface area (Å²) < 4.78 is 20.1. The van der Waals surface area contributed by atoms with Gasteiger partial charge in [0, 0.05) is 44.3 Å². The highest BCUT2D eigenvalue weighted by Gasteiger charge is 2.34. The molecule has 3 aliphatic rings. The number of anilines is 1. The van der Waals surface area contributed by atoms with Crippen LogP contribution in [0.25, 0.3) is 11.0 Å². The lowest BCUT2D eigenvalue weighted by Crippen LogP contribution is -2.42. The number of fused-ring (bicyclic) bond motifs is 3. The highest BCUT2D eigenvalue weighted by atomic mass is 16.5. The second kappa shape index (κ2) is 8.87. The number of rotatable bonds is 5. The van der Waals surface area contributed by atoms with Gasteiger partial charge >= 0.3 is 6.01 Å². The van der Waals surface area contributed by atoms with E-state index < -0.39 is 0 Å². The van der Waals surface area contributed by atoms with Crippen molar-refractivity contribution in [2.45, 2.75) is 62.9 Å². The first-order valence-electron chi connectivity index (χ1n) is 12.1. The van der Waals surface area contributed by atoms with Crippen molar-refractivity contribution in [3.05, 3.63) is 47.1 Å². The van der Waals surface area contributed by atoms with Crippen molar-refractivity contribution in [2.24, 2.45) is 7.05 Å². The molecule has 2 aromatic heterocycles. The quantitative estimate of drug-likeness (QED) is 0.571. The Bertz CT molecular complexity index is 1210. The first-order valence-corrected chi connectivity index (χ1v) is 12.1. The van der Waals surface area contributed by atoms with E-state index in [2.05, 4.69) is 32.0 Å². The monoisotopic (exact) mass is 463 g/mol. The van der Waals surface area contributed by atoms with Gasteiger partial charge in [0.2, 0.25) is 0 Å². The predicted octanol–water partition coefficient (Wildman–Crippen LogP) is 2.86. The number of morpholine rings is 1. The molecule has 1 aliphatic carbocycles. The Morgan fingerprint density at radius 2 is 1.59 bits per heavy atom. The molecule has 2 saturated heterocycles. The van der Waals surface area contributed by atoms with Gasteiger partial charge < -0.3 is 23.7 Å². The van der Waals surface area contributed by atoms with Crippen LogP contribution in [0.5, 0.6) is 11.8 Å². The number of benzene rings is 1. The van der Waals surface area contributed by atoms with Crippen LogP contribution in [-0.2, 0) is 11.8 Å². The summed E-state index contributed by atoms with van der Waals surface area (Å²) in [5.74, 6) is 0.717. The lowest BCUT2D eigenvalue weighted by Gasteiger charge is -2.34. The van der Waals surface area contributed by atoms with E-state index in [1.807, 2.05) is 0 Å². The fourth-order valence-electron chi connectivity index (χ4n) is 5.38. The average Bonchev–Trinajstić information content (AvgIpc) is 3.20. The summed E-state index contributed by atoms with van der Waals surface area (Å²) in [7, 11) is 1.78. The zero-order valence-corrected chi connectivity index (χ0v) is 19.3. The van der Waals surface area contributed by atoms with Crippen LogP contribution >= 0.6 is 0 Å². The minimum absolute atomic E-state index is 0.0474. The Morgan fingerprint density at radius 1 is 0.912 bits per heavy atom. The molecule has 1 saturated carbocycles. The van der Waals surface area contributed by atoms with E-state index >= 15 is 0 Å². The number of nitrogens with zero attached hydrogens (tertiary/aromatic N) is 5. The first-order chi connectivity index (χ1) is 16.6. The molecule has 34 heavy (non-hydrogen) atoms. The van der Waals surface area contributed by atoms with Crippen molar-refractivity contribution in [1.29, 1.82) is 0 Å².